The summed E-state index contributed by atoms with van der Waals surface area (Å²) in [6.45, 7) is 3.07. The zero-order valence-corrected chi connectivity index (χ0v) is 14.1. The van der Waals surface area contributed by atoms with Crippen LogP contribution in [0.3, 0.4) is 0 Å². The second kappa shape index (κ2) is 6.36. The molecular formula is C15H24N2O2S2. The van der Waals surface area contributed by atoms with Gasteiger partial charge in [0.25, 0.3) is 0 Å². The minimum absolute atomic E-state index is 0.108. The highest BCUT2D eigenvalue weighted by molar-refractivity contribution is 7.91. The van der Waals surface area contributed by atoms with E-state index in [2.05, 4.69) is 17.0 Å². The van der Waals surface area contributed by atoms with Crippen LogP contribution < -0.4 is 10.0 Å². The quantitative estimate of drug-likeness (QED) is 0.808. The van der Waals surface area contributed by atoms with Crippen molar-refractivity contribution in [3.05, 3.63) is 17.0 Å². The molecule has 118 valence electrons. The average Bonchev–Trinajstić information content (AvgIpc) is 2.97. The number of thiophene rings is 1. The number of rotatable bonds is 7. The summed E-state index contributed by atoms with van der Waals surface area (Å²) in [4.78, 5) is 1.14. The molecule has 6 heteroatoms. The van der Waals surface area contributed by atoms with Crippen molar-refractivity contribution < 1.29 is 8.42 Å². The highest BCUT2D eigenvalue weighted by Gasteiger charge is 2.29. The number of hydrogen-bond acceptors (Lipinski definition) is 4. The normalized spacial score (nSPS) is 26.3. The number of sulfonamides is 1. The third kappa shape index (κ3) is 4.06. The van der Waals surface area contributed by atoms with E-state index in [-0.39, 0.29) is 6.04 Å². The predicted octanol–water partition coefficient (Wildman–Crippen LogP) is 2.51. The Kier molecular flexibility index (Phi) is 4.69. The molecule has 1 aromatic rings. The van der Waals surface area contributed by atoms with Crippen LogP contribution in [0.1, 0.15) is 43.9 Å². The van der Waals surface area contributed by atoms with E-state index in [0.717, 1.165) is 37.1 Å². The molecule has 4 nitrogen and oxygen atoms in total. The van der Waals surface area contributed by atoms with E-state index in [0.29, 0.717) is 16.2 Å². The summed E-state index contributed by atoms with van der Waals surface area (Å²) in [6, 6.07) is 4.51. The lowest BCUT2D eigenvalue weighted by atomic mass is 10.1. The Hall–Kier alpha value is -0.430. The third-order valence-electron chi connectivity index (χ3n) is 4.45. The molecule has 0 spiro atoms. The number of nitrogens with one attached hydrogen (secondary N) is 2. The lowest BCUT2D eigenvalue weighted by Crippen LogP contribution is -2.35. The van der Waals surface area contributed by atoms with Crippen LogP contribution in [0.15, 0.2) is 16.3 Å². The van der Waals surface area contributed by atoms with Crippen molar-refractivity contribution >= 4 is 21.4 Å². The van der Waals surface area contributed by atoms with Gasteiger partial charge in [0.15, 0.2) is 0 Å². The van der Waals surface area contributed by atoms with Crippen molar-refractivity contribution in [2.75, 3.05) is 6.54 Å². The maximum absolute atomic E-state index is 12.4. The fraction of sp³-hybridized carbons (Fsp3) is 0.733. The first-order valence-corrected chi connectivity index (χ1v) is 10.2. The van der Waals surface area contributed by atoms with Crippen molar-refractivity contribution in [1.29, 1.82) is 0 Å². The molecule has 3 rings (SSSR count). The first-order valence-electron chi connectivity index (χ1n) is 7.89. The van der Waals surface area contributed by atoms with Crippen molar-refractivity contribution in [2.24, 2.45) is 5.92 Å². The summed E-state index contributed by atoms with van der Waals surface area (Å²) >= 11 is 1.41. The lowest BCUT2D eigenvalue weighted by molar-refractivity contribution is 0.477. The van der Waals surface area contributed by atoms with Gasteiger partial charge in [0.05, 0.1) is 0 Å². The SMILES string of the molecule is CC1CCCC1NS(=O)(=O)c1ccc(CCNC2CC2)s1. The maximum Gasteiger partial charge on any atom is 0.250 e. The largest absolute Gasteiger partial charge is 0.314 e. The summed E-state index contributed by atoms with van der Waals surface area (Å²) in [5.41, 5.74) is 0. The Labute approximate surface area is 131 Å². The highest BCUT2D eigenvalue weighted by atomic mass is 32.2. The molecule has 2 fully saturated rings. The predicted molar refractivity (Wildman–Crippen MR) is 86.2 cm³/mol. The van der Waals surface area contributed by atoms with Crippen molar-refractivity contribution in [2.45, 2.75) is 61.7 Å². The van der Waals surface area contributed by atoms with Gasteiger partial charge in [-0.1, -0.05) is 13.3 Å². The van der Waals surface area contributed by atoms with Crippen LogP contribution in [0.2, 0.25) is 0 Å². The smallest absolute Gasteiger partial charge is 0.250 e. The molecule has 2 atom stereocenters. The van der Waals surface area contributed by atoms with E-state index in [1.54, 1.807) is 6.07 Å². The Morgan fingerprint density at radius 3 is 2.71 bits per heavy atom. The topological polar surface area (TPSA) is 58.2 Å². The van der Waals surface area contributed by atoms with Crippen LogP contribution in [0.4, 0.5) is 0 Å². The van der Waals surface area contributed by atoms with E-state index < -0.39 is 10.0 Å². The first kappa shape index (κ1) is 15.5. The average molecular weight is 329 g/mol. The Balaban J connectivity index is 1.57. The molecular weight excluding hydrogens is 304 g/mol. The second-order valence-electron chi connectivity index (χ2n) is 6.34. The molecule has 0 aromatic carbocycles. The molecule has 0 bridgehead atoms. The van der Waals surface area contributed by atoms with Gasteiger partial charge in [0, 0.05) is 23.5 Å². The fourth-order valence-corrected chi connectivity index (χ4v) is 5.65. The molecule has 0 amide bonds. The molecule has 0 radical (unpaired) electrons. The van der Waals surface area contributed by atoms with Gasteiger partial charge >= 0.3 is 0 Å². The third-order valence-corrected chi connectivity index (χ3v) is 7.58. The summed E-state index contributed by atoms with van der Waals surface area (Å²) < 4.78 is 28.2. The van der Waals surface area contributed by atoms with Crippen molar-refractivity contribution in [3.8, 4) is 0 Å². The lowest BCUT2D eigenvalue weighted by Gasteiger charge is -2.16. The Morgan fingerprint density at radius 2 is 2.05 bits per heavy atom. The van der Waals surface area contributed by atoms with Gasteiger partial charge in [-0.05, 0) is 50.2 Å². The van der Waals surface area contributed by atoms with Gasteiger partial charge in [-0.2, -0.15) is 0 Å². The van der Waals surface area contributed by atoms with E-state index in [1.165, 1.54) is 24.2 Å². The minimum Gasteiger partial charge on any atom is -0.314 e. The zero-order valence-electron chi connectivity index (χ0n) is 12.5. The summed E-state index contributed by atoms with van der Waals surface area (Å²) in [5.74, 6) is 0.446. The molecule has 0 aliphatic heterocycles. The highest BCUT2D eigenvalue weighted by Crippen LogP contribution is 2.28. The molecule has 2 aliphatic rings. The molecule has 1 heterocycles. The van der Waals surface area contributed by atoms with Gasteiger partial charge in [-0.25, -0.2) is 13.1 Å². The minimum atomic E-state index is -3.34. The standard InChI is InChI=1S/C15H24N2O2S2/c1-11-3-2-4-14(11)17-21(18,19)15-8-7-13(20-15)9-10-16-12-5-6-12/h7-8,11-12,14,16-17H,2-6,9-10H2,1H3. The van der Waals surface area contributed by atoms with E-state index in [4.69, 9.17) is 0 Å². The second-order valence-corrected chi connectivity index (χ2v) is 9.44. The van der Waals surface area contributed by atoms with Crippen LogP contribution in [0, 0.1) is 5.92 Å². The van der Waals surface area contributed by atoms with E-state index >= 15 is 0 Å². The van der Waals surface area contributed by atoms with Gasteiger partial charge in [-0.15, -0.1) is 11.3 Å². The van der Waals surface area contributed by atoms with Gasteiger partial charge in [0.1, 0.15) is 4.21 Å². The Morgan fingerprint density at radius 1 is 1.24 bits per heavy atom. The molecule has 21 heavy (non-hydrogen) atoms. The summed E-state index contributed by atoms with van der Waals surface area (Å²) in [7, 11) is -3.34. The van der Waals surface area contributed by atoms with Gasteiger partial charge < -0.3 is 5.32 Å². The van der Waals surface area contributed by atoms with Crippen LogP contribution in [0.25, 0.3) is 0 Å². The monoisotopic (exact) mass is 328 g/mol. The maximum atomic E-state index is 12.4. The van der Waals surface area contributed by atoms with Crippen molar-refractivity contribution in [3.63, 3.8) is 0 Å². The molecule has 1 aromatic heterocycles. The zero-order chi connectivity index (χ0) is 14.9. The first-order chi connectivity index (χ1) is 10.0. The molecule has 2 N–H and O–H groups in total. The number of hydrogen-bond donors (Lipinski definition) is 2. The van der Waals surface area contributed by atoms with E-state index in [9.17, 15) is 8.42 Å². The summed E-state index contributed by atoms with van der Waals surface area (Å²) in [6.07, 6.45) is 6.69. The fourth-order valence-electron chi connectivity index (χ4n) is 2.90. The van der Waals surface area contributed by atoms with Gasteiger partial charge in [-0.3, -0.25) is 0 Å². The Bertz CT molecular complexity index is 578. The summed E-state index contributed by atoms with van der Waals surface area (Å²) in [5, 5.41) is 3.46. The van der Waals surface area contributed by atoms with Crippen molar-refractivity contribution in [1.82, 2.24) is 10.0 Å². The van der Waals surface area contributed by atoms with Crippen LogP contribution in [-0.4, -0.2) is 27.0 Å². The van der Waals surface area contributed by atoms with Crippen LogP contribution >= 0.6 is 11.3 Å². The van der Waals surface area contributed by atoms with E-state index in [1.807, 2.05) is 6.07 Å². The molecule has 2 aliphatic carbocycles. The van der Waals surface area contributed by atoms with Crippen LogP contribution in [0.5, 0.6) is 0 Å². The molecule has 2 saturated carbocycles. The van der Waals surface area contributed by atoms with Crippen LogP contribution in [-0.2, 0) is 16.4 Å². The van der Waals surface area contributed by atoms with Gasteiger partial charge in [0.2, 0.25) is 10.0 Å². The molecule has 0 saturated heterocycles. The molecule has 2 unspecified atom stereocenters.